The minimum absolute atomic E-state index is 0.127. The van der Waals surface area contributed by atoms with Crippen molar-refractivity contribution in [2.45, 2.75) is 13.0 Å². The van der Waals surface area contributed by atoms with Crippen LogP contribution in [0.15, 0.2) is 32.3 Å². The summed E-state index contributed by atoms with van der Waals surface area (Å²) < 4.78 is 5.56. The van der Waals surface area contributed by atoms with Gasteiger partial charge in [0, 0.05) is 12.1 Å². The monoisotopic (exact) mass is 380 g/mol. The molecule has 0 fully saturated rings. The first-order valence-corrected chi connectivity index (χ1v) is 7.70. The van der Waals surface area contributed by atoms with Crippen molar-refractivity contribution in [3.8, 4) is 0 Å². The van der Waals surface area contributed by atoms with Crippen LogP contribution in [0.2, 0.25) is 0 Å². The molecule has 3 heterocycles. The number of carbonyl (C=O) groups is 2. The maximum atomic E-state index is 12.2. The lowest BCUT2D eigenvalue weighted by Crippen LogP contribution is -2.44. The van der Waals surface area contributed by atoms with Gasteiger partial charge in [0.05, 0.1) is 25.1 Å². The van der Waals surface area contributed by atoms with Gasteiger partial charge in [0.25, 0.3) is 11.5 Å². The minimum Gasteiger partial charge on any atom is -0.444 e. The Bertz CT molecular complexity index is 813. The molecule has 23 heavy (non-hydrogen) atoms. The van der Waals surface area contributed by atoms with Crippen LogP contribution in [0.25, 0.3) is 0 Å². The predicted molar refractivity (Wildman–Crippen MR) is 82.7 cm³/mol. The van der Waals surface area contributed by atoms with Crippen LogP contribution in [0.4, 0.5) is 0 Å². The first kappa shape index (κ1) is 15.5. The van der Waals surface area contributed by atoms with Gasteiger partial charge in [0.2, 0.25) is 5.91 Å². The van der Waals surface area contributed by atoms with Crippen molar-refractivity contribution in [2.75, 3.05) is 13.1 Å². The number of amides is 2. The number of aromatic nitrogens is 2. The van der Waals surface area contributed by atoms with Crippen LogP contribution in [-0.2, 0) is 17.8 Å². The van der Waals surface area contributed by atoms with E-state index >= 15 is 0 Å². The topological polar surface area (TPSA) is 108 Å². The highest BCUT2D eigenvalue weighted by Crippen LogP contribution is 2.14. The van der Waals surface area contributed by atoms with E-state index in [4.69, 9.17) is 4.42 Å². The number of carbonyl (C=O) groups excluding carboxylic acids is 2. The van der Waals surface area contributed by atoms with E-state index in [-0.39, 0.29) is 30.3 Å². The lowest BCUT2D eigenvalue weighted by Gasteiger charge is -2.27. The summed E-state index contributed by atoms with van der Waals surface area (Å²) in [4.78, 5) is 43.9. The Kier molecular flexibility index (Phi) is 4.28. The Labute approximate surface area is 139 Å². The maximum Gasteiger partial charge on any atom is 0.287 e. The molecule has 2 aromatic heterocycles. The Morgan fingerprint density at radius 3 is 3.00 bits per heavy atom. The van der Waals surface area contributed by atoms with Gasteiger partial charge in [0.15, 0.2) is 10.4 Å². The molecule has 0 atom stereocenters. The van der Waals surface area contributed by atoms with Crippen molar-refractivity contribution in [2.24, 2.45) is 0 Å². The summed E-state index contributed by atoms with van der Waals surface area (Å²) >= 11 is 3.11. The first-order valence-electron chi connectivity index (χ1n) is 6.91. The summed E-state index contributed by atoms with van der Waals surface area (Å²) in [5, 5.41) is 2.51. The molecule has 8 nitrogen and oxygen atoms in total. The minimum atomic E-state index is -0.462. The molecule has 0 saturated carbocycles. The smallest absolute Gasteiger partial charge is 0.287 e. The maximum absolute atomic E-state index is 12.2. The Balaban J connectivity index is 1.59. The van der Waals surface area contributed by atoms with Crippen molar-refractivity contribution in [3.63, 3.8) is 0 Å². The van der Waals surface area contributed by atoms with Crippen LogP contribution >= 0.6 is 15.9 Å². The van der Waals surface area contributed by atoms with Gasteiger partial charge >= 0.3 is 0 Å². The Hall–Kier alpha value is -2.42. The number of nitrogens with one attached hydrogen (secondary N) is 2. The van der Waals surface area contributed by atoms with Crippen molar-refractivity contribution < 1.29 is 14.0 Å². The third-order valence-electron chi connectivity index (χ3n) is 3.56. The number of aromatic amines is 1. The molecule has 0 aliphatic carbocycles. The molecule has 0 spiro atoms. The van der Waals surface area contributed by atoms with E-state index in [9.17, 15) is 14.4 Å². The summed E-state index contributed by atoms with van der Waals surface area (Å²) in [5.41, 5.74) is 1.04. The van der Waals surface area contributed by atoms with Crippen LogP contribution in [0, 0.1) is 0 Å². The molecule has 2 amide bonds. The van der Waals surface area contributed by atoms with Gasteiger partial charge in [-0.05, 0) is 34.5 Å². The number of fused-ring (bicyclic) bond motifs is 1. The lowest BCUT2D eigenvalue weighted by molar-refractivity contribution is -0.131. The van der Waals surface area contributed by atoms with Crippen LogP contribution in [0.3, 0.4) is 0 Å². The van der Waals surface area contributed by atoms with E-state index in [1.54, 1.807) is 11.0 Å². The largest absolute Gasteiger partial charge is 0.444 e. The molecule has 1 aliphatic rings. The zero-order valence-electron chi connectivity index (χ0n) is 12.0. The van der Waals surface area contributed by atoms with Crippen LogP contribution < -0.4 is 10.9 Å². The molecule has 2 N–H and O–H groups in total. The average molecular weight is 381 g/mol. The van der Waals surface area contributed by atoms with Gasteiger partial charge < -0.3 is 19.6 Å². The van der Waals surface area contributed by atoms with Gasteiger partial charge in [-0.25, -0.2) is 4.98 Å². The quantitative estimate of drug-likeness (QED) is 0.802. The summed E-state index contributed by atoms with van der Waals surface area (Å²) in [6.07, 6.45) is 1.77. The number of H-pyrrole nitrogens is 1. The molecular formula is C14H13BrN4O4. The second-order valence-corrected chi connectivity index (χ2v) is 5.79. The van der Waals surface area contributed by atoms with Crippen LogP contribution in [0.5, 0.6) is 0 Å². The van der Waals surface area contributed by atoms with E-state index in [1.807, 2.05) is 0 Å². The number of nitrogens with zero attached hydrogens (tertiary/aromatic N) is 2. The zero-order valence-corrected chi connectivity index (χ0v) is 13.6. The number of hydrogen-bond acceptors (Lipinski definition) is 5. The fourth-order valence-electron chi connectivity index (χ4n) is 2.37. The van der Waals surface area contributed by atoms with Gasteiger partial charge in [0.1, 0.15) is 0 Å². The average Bonchev–Trinajstić information content (AvgIpc) is 2.99. The highest BCUT2D eigenvalue weighted by atomic mass is 79.9. The zero-order chi connectivity index (χ0) is 16.4. The molecule has 0 radical (unpaired) electrons. The van der Waals surface area contributed by atoms with Gasteiger partial charge in [-0.3, -0.25) is 14.4 Å². The van der Waals surface area contributed by atoms with E-state index in [1.165, 1.54) is 12.4 Å². The third kappa shape index (κ3) is 3.34. The standard InChI is InChI=1S/C14H13BrN4O4/c15-11-2-1-10(23-11)14(22)16-5-12(20)19-4-3-8-9(6-19)17-7-18-13(8)21/h1-2,7H,3-6H2,(H,16,22)(H,17,18,21). The van der Waals surface area contributed by atoms with Crippen LogP contribution in [-0.4, -0.2) is 39.8 Å². The first-order chi connectivity index (χ1) is 11.0. The number of hydrogen-bond donors (Lipinski definition) is 2. The molecule has 0 unspecified atom stereocenters. The van der Waals surface area contributed by atoms with E-state index in [0.29, 0.717) is 28.9 Å². The lowest BCUT2D eigenvalue weighted by atomic mass is 10.1. The second kappa shape index (κ2) is 6.37. The summed E-state index contributed by atoms with van der Waals surface area (Å²) in [5.74, 6) is -0.574. The van der Waals surface area contributed by atoms with Crippen molar-refractivity contribution in [1.82, 2.24) is 20.2 Å². The van der Waals surface area contributed by atoms with Crippen molar-refractivity contribution >= 4 is 27.7 Å². The van der Waals surface area contributed by atoms with E-state index in [0.717, 1.165) is 0 Å². The predicted octanol–water partition coefficient (Wildman–Crippen LogP) is 0.440. The Morgan fingerprint density at radius 1 is 1.43 bits per heavy atom. The van der Waals surface area contributed by atoms with Gasteiger partial charge in [-0.2, -0.15) is 0 Å². The third-order valence-corrected chi connectivity index (χ3v) is 3.99. The van der Waals surface area contributed by atoms with Gasteiger partial charge in [-0.15, -0.1) is 0 Å². The molecule has 0 bridgehead atoms. The van der Waals surface area contributed by atoms with Crippen molar-refractivity contribution in [1.29, 1.82) is 0 Å². The molecule has 1 aliphatic heterocycles. The number of halogens is 1. The van der Waals surface area contributed by atoms with Gasteiger partial charge in [-0.1, -0.05) is 0 Å². The highest BCUT2D eigenvalue weighted by molar-refractivity contribution is 9.10. The Morgan fingerprint density at radius 2 is 2.26 bits per heavy atom. The normalized spacial score (nSPS) is 13.5. The van der Waals surface area contributed by atoms with Crippen LogP contribution in [0.1, 0.15) is 21.8 Å². The molecule has 0 saturated heterocycles. The molecule has 3 rings (SSSR count). The summed E-state index contributed by atoms with van der Waals surface area (Å²) in [6, 6.07) is 3.11. The fourth-order valence-corrected chi connectivity index (χ4v) is 2.68. The molecule has 0 aromatic carbocycles. The van der Waals surface area contributed by atoms with E-state index in [2.05, 4.69) is 31.2 Å². The SMILES string of the molecule is O=C(NCC(=O)N1CCc2c(nc[nH]c2=O)C1)c1ccc(Br)o1. The second-order valence-electron chi connectivity index (χ2n) is 5.01. The molecule has 120 valence electrons. The number of furan rings is 1. The highest BCUT2D eigenvalue weighted by Gasteiger charge is 2.23. The van der Waals surface area contributed by atoms with E-state index < -0.39 is 5.91 Å². The summed E-state index contributed by atoms with van der Waals surface area (Å²) in [6.45, 7) is 0.540. The summed E-state index contributed by atoms with van der Waals surface area (Å²) in [7, 11) is 0. The van der Waals surface area contributed by atoms with Crippen molar-refractivity contribution in [3.05, 3.63) is 50.5 Å². The number of rotatable bonds is 3. The molecule has 2 aromatic rings. The fraction of sp³-hybridized carbons (Fsp3) is 0.286. The molecule has 9 heteroatoms. The molecular weight excluding hydrogens is 368 g/mol.